The number of benzene rings is 2. The Morgan fingerprint density at radius 3 is 2.56 bits per heavy atom. The number of hydrogen-bond donors (Lipinski definition) is 1. The summed E-state index contributed by atoms with van der Waals surface area (Å²) in [6.45, 7) is -0.983. The number of nitriles is 1. The van der Waals surface area contributed by atoms with E-state index in [1.165, 1.54) is 24.3 Å². The van der Waals surface area contributed by atoms with Crippen LogP contribution < -0.4 is 0 Å². The second-order valence-corrected chi connectivity index (χ2v) is 6.45. The normalized spacial score (nSPS) is 10.3. The van der Waals surface area contributed by atoms with Crippen molar-refractivity contribution in [1.82, 2.24) is 0 Å². The zero-order chi connectivity index (χ0) is 18.4. The minimum atomic E-state index is -1.17. The summed E-state index contributed by atoms with van der Waals surface area (Å²) in [5.41, 5.74) is 1.52. The molecule has 5 nitrogen and oxygen atoms in total. The van der Waals surface area contributed by atoms with Crippen LogP contribution in [0.5, 0.6) is 0 Å². The summed E-state index contributed by atoms with van der Waals surface area (Å²) >= 11 is 2.00. The van der Waals surface area contributed by atoms with Crippen molar-refractivity contribution in [2.24, 2.45) is 0 Å². The first-order valence-corrected chi connectivity index (χ1v) is 8.28. The van der Waals surface area contributed by atoms with Gasteiger partial charge in [-0.1, -0.05) is 6.07 Å². The molecule has 25 heavy (non-hydrogen) atoms. The average Bonchev–Trinajstić information content (AvgIpc) is 2.56. The number of carbonyl (C=O) groups excluding carboxylic acids is 1. The molecule has 0 aliphatic heterocycles. The van der Waals surface area contributed by atoms with E-state index in [9.17, 15) is 14.0 Å². The molecular weight excluding hydrogens is 440 g/mol. The fourth-order valence-corrected chi connectivity index (χ4v) is 2.71. The van der Waals surface area contributed by atoms with E-state index >= 15 is 0 Å². The van der Waals surface area contributed by atoms with E-state index in [1.807, 2.05) is 28.7 Å². The van der Waals surface area contributed by atoms with Gasteiger partial charge in [0.2, 0.25) is 0 Å². The molecule has 1 N–H and O–H groups in total. The lowest BCUT2D eigenvalue weighted by Gasteiger charge is -2.11. The van der Waals surface area contributed by atoms with Crippen LogP contribution in [0.4, 0.5) is 4.39 Å². The monoisotopic (exact) mass is 453 g/mol. The molecule has 0 unspecified atom stereocenters. The fourth-order valence-electron chi connectivity index (χ4n) is 2.26. The van der Waals surface area contributed by atoms with Crippen molar-refractivity contribution in [3.05, 3.63) is 68.0 Å². The number of Topliss-reactive ketones (excluding diaryl/α,β-unsaturated/α-hetero) is 1. The van der Waals surface area contributed by atoms with Crippen molar-refractivity contribution in [3.63, 3.8) is 0 Å². The molecule has 0 saturated heterocycles. The average molecular weight is 453 g/mol. The van der Waals surface area contributed by atoms with Crippen molar-refractivity contribution < 1.29 is 23.8 Å². The highest BCUT2D eigenvalue weighted by atomic mass is 127. The summed E-state index contributed by atoms with van der Waals surface area (Å²) in [5, 5.41) is 17.6. The Kier molecular flexibility index (Phi) is 6.61. The zero-order valence-corrected chi connectivity index (χ0v) is 15.1. The maximum Gasteiger partial charge on any atom is 0.329 e. The van der Waals surface area contributed by atoms with E-state index in [0.717, 1.165) is 3.57 Å². The number of ketones is 1. The van der Waals surface area contributed by atoms with Crippen LogP contribution in [0.2, 0.25) is 0 Å². The topological polar surface area (TPSA) is 87.4 Å². The van der Waals surface area contributed by atoms with Crippen LogP contribution >= 0.6 is 22.6 Å². The van der Waals surface area contributed by atoms with Gasteiger partial charge in [0, 0.05) is 15.6 Å². The van der Waals surface area contributed by atoms with Crippen LogP contribution in [0.25, 0.3) is 0 Å². The van der Waals surface area contributed by atoms with Crippen LogP contribution in [-0.2, 0) is 16.0 Å². The van der Waals surface area contributed by atoms with Gasteiger partial charge in [0.25, 0.3) is 0 Å². The van der Waals surface area contributed by atoms with E-state index in [1.54, 1.807) is 12.1 Å². The van der Waals surface area contributed by atoms with Gasteiger partial charge in [-0.25, -0.2) is 9.18 Å². The smallest absolute Gasteiger partial charge is 0.329 e. The summed E-state index contributed by atoms with van der Waals surface area (Å²) in [5.74, 6) is -1.99. The van der Waals surface area contributed by atoms with Gasteiger partial charge in [0.15, 0.2) is 5.78 Å². The molecular formula is C18H13FINO4. The molecule has 0 aliphatic carbocycles. The Bertz CT molecular complexity index is 861. The summed E-state index contributed by atoms with van der Waals surface area (Å²) in [7, 11) is 0. The third-order valence-electron chi connectivity index (χ3n) is 3.39. The van der Waals surface area contributed by atoms with Crippen molar-refractivity contribution in [2.45, 2.75) is 6.42 Å². The van der Waals surface area contributed by atoms with Crippen molar-refractivity contribution in [1.29, 1.82) is 5.26 Å². The van der Waals surface area contributed by atoms with Crippen LogP contribution in [0, 0.1) is 20.7 Å². The molecule has 0 radical (unpaired) electrons. The van der Waals surface area contributed by atoms with Crippen molar-refractivity contribution in [3.8, 4) is 6.07 Å². The number of carboxylic acids is 1. The third kappa shape index (κ3) is 5.34. The number of rotatable bonds is 7. The third-order valence-corrected chi connectivity index (χ3v) is 4.06. The highest BCUT2D eigenvalue weighted by Gasteiger charge is 2.15. The lowest BCUT2D eigenvalue weighted by molar-refractivity contribution is -0.141. The number of aliphatic carboxylic acids is 1. The molecule has 0 fully saturated rings. The molecule has 128 valence electrons. The van der Waals surface area contributed by atoms with Crippen LogP contribution in [-0.4, -0.2) is 30.1 Å². The Labute approximate surface area is 157 Å². The lowest BCUT2D eigenvalue weighted by atomic mass is 9.95. The van der Waals surface area contributed by atoms with E-state index < -0.39 is 30.8 Å². The van der Waals surface area contributed by atoms with Crippen molar-refractivity contribution >= 4 is 34.3 Å². The Balaban J connectivity index is 2.30. The first-order chi connectivity index (χ1) is 11.9. The first kappa shape index (κ1) is 19.0. The largest absolute Gasteiger partial charge is 0.480 e. The van der Waals surface area contributed by atoms with Gasteiger partial charge in [0.1, 0.15) is 19.0 Å². The van der Waals surface area contributed by atoms with Gasteiger partial charge < -0.3 is 9.84 Å². The van der Waals surface area contributed by atoms with Gasteiger partial charge in [-0.2, -0.15) is 5.26 Å². The Morgan fingerprint density at radius 1 is 1.16 bits per heavy atom. The summed E-state index contributed by atoms with van der Waals surface area (Å²) in [4.78, 5) is 22.7. The highest BCUT2D eigenvalue weighted by Crippen LogP contribution is 2.20. The summed E-state index contributed by atoms with van der Waals surface area (Å²) in [6.07, 6.45) is 0.137. The number of hydrogen-bond acceptors (Lipinski definition) is 4. The molecule has 2 rings (SSSR count). The van der Waals surface area contributed by atoms with Crippen LogP contribution in [0.3, 0.4) is 0 Å². The van der Waals surface area contributed by atoms with E-state index in [2.05, 4.69) is 0 Å². The molecule has 0 bridgehead atoms. The van der Waals surface area contributed by atoms with Crippen LogP contribution in [0.15, 0.2) is 36.4 Å². The van der Waals surface area contributed by atoms with Gasteiger partial charge >= 0.3 is 5.97 Å². The number of halogens is 2. The summed E-state index contributed by atoms with van der Waals surface area (Å²) in [6, 6.07) is 11.3. The quantitative estimate of drug-likeness (QED) is 0.514. The maximum atomic E-state index is 14.1. The highest BCUT2D eigenvalue weighted by molar-refractivity contribution is 14.1. The van der Waals surface area contributed by atoms with Gasteiger partial charge in [-0.05, 0) is 64.0 Å². The Hall–Kier alpha value is -2.31. The molecule has 0 aromatic heterocycles. The molecule has 2 aromatic carbocycles. The molecule has 0 amide bonds. The van der Waals surface area contributed by atoms with E-state index in [-0.39, 0.29) is 12.0 Å². The number of carbonyl (C=O) groups is 2. The van der Waals surface area contributed by atoms with Gasteiger partial charge in [0.05, 0.1) is 11.6 Å². The van der Waals surface area contributed by atoms with E-state index in [0.29, 0.717) is 16.7 Å². The van der Waals surface area contributed by atoms with E-state index in [4.69, 9.17) is 15.1 Å². The molecule has 0 heterocycles. The number of ether oxygens (including phenoxy) is 1. The molecule has 0 aliphatic rings. The SMILES string of the molecule is N#Cc1ccc(C(=O)COCC(=O)O)c(Cc2ccc(I)cc2F)c1. The maximum absolute atomic E-state index is 14.1. The molecule has 0 saturated carbocycles. The number of carboxylic acid groups (broad SMARTS) is 1. The summed E-state index contributed by atoms with van der Waals surface area (Å²) < 4.78 is 19.7. The lowest BCUT2D eigenvalue weighted by Crippen LogP contribution is -2.16. The fraction of sp³-hybridized carbons (Fsp3) is 0.167. The predicted molar refractivity (Wildman–Crippen MR) is 95.9 cm³/mol. The number of nitrogens with zero attached hydrogens (tertiary/aromatic N) is 1. The molecule has 7 heteroatoms. The second kappa shape index (κ2) is 8.69. The minimum Gasteiger partial charge on any atom is -0.480 e. The zero-order valence-electron chi connectivity index (χ0n) is 13.0. The van der Waals surface area contributed by atoms with Gasteiger partial charge in [-0.15, -0.1) is 0 Å². The molecule has 0 atom stereocenters. The first-order valence-electron chi connectivity index (χ1n) is 7.20. The van der Waals surface area contributed by atoms with Crippen molar-refractivity contribution in [2.75, 3.05) is 13.2 Å². The molecule has 2 aromatic rings. The minimum absolute atomic E-state index is 0.137. The van der Waals surface area contributed by atoms with Crippen LogP contribution in [0.1, 0.15) is 27.0 Å². The Morgan fingerprint density at radius 2 is 1.92 bits per heavy atom. The van der Waals surface area contributed by atoms with Gasteiger partial charge in [-0.3, -0.25) is 4.79 Å². The second-order valence-electron chi connectivity index (χ2n) is 5.21. The standard InChI is InChI=1S/C18H13FINO4/c19-16-7-14(20)3-2-12(16)6-13-5-11(8-21)1-4-15(13)17(22)9-25-10-18(23)24/h1-5,7H,6,9-10H2,(H,23,24). The molecule has 0 spiro atoms. The predicted octanol–water partition coefficient (Wildman–Crippen LogP) is 3.18.